The fourth-order valence-corrected chi connectivity index (χ4v) is 3.17. The first-order valence-electron chi connectivity index (χ1n) is 8.44. The number of hydrogen-bond acceptors (Lipinski definition) is 3. The van der Waals surface area contributed by atoms with Gasteiger partial charge in [0.2, 0.25) is 5.91 Å². The Labute approximate surface area is 141 Å². The molecule has 0 radical (unpaired) electrons. The van der Waals surface area contributed by atoms with Crippen molar-refractivity contribution in [2.45, 2.75) is 31.7 Å². The summed E-state index contributed by atoms with van der Waals surface area (Å²) < 4.78 is 0. The number of aromatic amines is 1. The number of para-hydroxylation sites is 1. The van der Waals surface area contributed by atoms with Crippen LogP contribution < -0.4 is 11.1 Å². The molecule has 1 aliphatic heterocycles. The van der Waals surface area contributed by atoms with E-state index in [2.05, 4.69) is 10.3 Å². The number of rotatable bonds is 6. The SMILES string of the molecule is NCCC/C=C/C1NC(=O)[C@H](Cc2c[nH]c3ccccc23)CC1=O. The monoisotopic (exact) mass is 325 g/mol. The molecule has 1 aliphatic rings. The lowest BCUT2D eigenvalue weighted by Crippen LogP contribution is -2.49. The number of nitrogens with two attached hydrogens (primary N) is 1. The number of allylic oxidation sites excluding steroid dienone is 1. The van der Waals surface area contributed by atoms with Crippen LogP contribution in [0.15, 0.2) is 42.6 Å². The van der Waals surface area contributed by atoms with Crippen molar-refractivity contribution in [3.8, 4) is 0 Å². The first-order valence-corrected chi connectivity index (χ1v) is 8.44. The van der Waals surface area contributed by atoms with E-state index in [-0.39, 0.29) is 24.0 Å². The molecule has 126 valence electrons. The van der Waals surface area contributed by atoms with Gasteiger partial charge in [-0.1, -0.05) is 30.4 Å². The van der Waals surface area contributed by atoms with Crippen molar-refractivity contribution in [3.05, 3.63) is 48.2 Å². The lowest BCUT2D eigenvalue weighted by molar-refractivity contribution is -0.135. The molecular weight excluding hydrogens is 302 g/mol. The van der Waals surface area contributed by atoms with Gasteiger partial charge in [0.25, 0.3) is 0 Å². The van der Waals surface area contributed by atoms with Crippen LogP contribution in [0.25, 0.3) is 10.9 Å². The molecule has 1 unspecified atom stereocenters. The number of carbonyl (C=O) groups excluding carboxylic acids is 2. The molecule has 1 aromatic heterocycles. The van der Waals surface area contributed by atoms with Gasteiger partial charge in [-0.3, -0.25) is 9.59 Å². The van der Waals surface area contributed by atoms with Gasteiger partial charge in [-0.05, 0) is 37.4 Å². The van der Waals surface area contributed by atoms with Crippen LogP contribution in [0.4, 0.5) is 0 Å². The third-order valence-electron chi connectivity index (χ3n) is 4.51. The number of fused-ring (bicyclic) bond motifs is 1. The smallest absolute Gasteiger partial charge is 0.224 e. The molecule has 4 N–H and O–H groups in total. The minimum Gasteiger partial charge on any atom is -0.361 e. The molecule has 2 heterocycles. The third kappa shape index (κ3) is 3.57. The van der Waals surface area contributed by atoms with Gasteiger partial charge < -0.3 is 16.0 Å². The van der Waals surface area contributed by atoms with Crippen molar-refractivity contribution >= 4 is 22.6 Å². The number of piperidine rings is 1. The van der Waals surface area contributed by atoms with Crippen molar-refractivity contribution < 1.29 is 9.59 Å². The summed E-state index contributed by atoms with van der Waals surface area (Å²) in [5.74, 6) is -0.276. The van der Waals surface area contributed by atoms with E-state index in [1.807, 2.05) is 36.5 Å². The number of Topliss-reactive ketones (excluding diaryl/α,β-unsaturated/α-hetero) is 1. The molecule has 5 heteroatoms. The zero-order valence-corrected chi connectivity index (χ0v) is 13.6. The van der Waals surface area contributed by atoms with Crippen LogP contribution in [0.1, 0.15) is 24.8 Å². The van der Waals surface area contributed by atoms with Gasteiger partial charge in [-0.2, -0.15) is 0 Å². The van der Waals surface area contributed by atoms with Gasteiger partial charge in [-0.25, -0.2) is 0 Å². The van der Waals surface area contributed by atoms with Gasteiger partial charge in [0.05, 0.1) is 0 Å². The van der Waals surface area contributed by atoms with Crippen LogP contribution in [-0.4, -0.2) is 29.3 Å². The third-order valence-corrected chi connectivity index (χ3v) is 4.51. The number of nitrogens with one attached hydrogen (secondary N) is 2. The Morgan fingerprint density at radius 3 is 2.92 bits per heavy atom. The summed E-state index contributed by atoms with van der Waals surface area (Å²) in [5.41, 5.74) is 7.58. The second kappa shape index (κ2) is 7.45. The van der Waals surface area contributed by atoms with E-state index in [0.29, 0.717) is 13.0 Å². The van der Waals surface area contributed by atoms with Crippen molar-refractivity contribution in [2.75, 3.05) is 6.54 Å². The Hall–Kier alpha value is -2.40. The number of benzene rings is 1. The predicted octanol–water partition coefficient (Wildman–Crippen LogP) is 2.08. The molecule has 1 fully saturated rings. The van der Waals surface area contributed by atoms with Crippen molar-refractivity contribution in [1.82, 2.24) is 10.3 Å². The summed E-state index contributed by atoms with van der Waals surface area (Å²) in [6.07, 6.45) is 8.22. The number of ketones is 1. The average Bonchev–Trinajstić information content (AvgIpc) is 2.99. The van der Waals surface area contributed by atoms with Crippen LogP contribution in [0.5, 0.6) is 0 Å². The minimum absolute atomic E-state index is 0.0478. The number of aromatic nitrogens is 1. The normalized spacial score (nSPS) is 21.5. The van der Waals surface area contributed by atoms with E-state index in [1.165, 1.54) is 0 Å². The van der Waals surface area contributed by atoms with Crippen LogP contribution >= 0.6 is 0 Å². The molecule has 5 nitrogen and oxygen atoms in total. The number of hydrogen-bond donors (Lipinski definition) is 3. The van der Waals surface area contributed by atoms with E-state index in [0.717, 1.165) is 29.3 Å². The van der Waals surface area contributed by atoms with Crippen LogP contribution in [-0.2, 0) is 16.0 Å². The standard InChI is InChI=1S/C19H23N3O2/c20-9-5-1-2-8-17-18(23)11-13(19(24)22-17)10-14-12-21-16-7-4-3-6-15(14)16/h2-4,6-8,12-13,17,21H,1,5,9-11,20H2,(H,22,24)/b8-2+/t13-,17?/m1/s1. The fourth-order valence-electron chi connectivity index (χ4n) is 3.17. The quantitative estimate of drug-likeness (QED) is 0.561. The van der Waals surface area contributed by atoms with E-state index in [4.69, 9.17) is 5.73 Å². The maximum Gasteiger partial charge on any atom is 0.224 e. The summed E-state index contributed by atoms with van der Waals surface area (Å²) in [7, 11) is 0. The number of amides is 1. The summed E-state index contributed by atoms with van der Waals surface area (Å²) in [6.45, 7) is 0.627. The van der Waals surface area contributed by atoms with Gasteiger partial charge in [0.1, 0.15) is 6.04 Å². The molecule has 0 bridgehead atoms. The van der Waals surface area contributed by atoms with E-state index in [9.17, 15) is 9.59 Å². The largest absolute Gasteiger partial charge is 0.361 e. The number of unbranched alkanes of at least 4 members (excludes halogenated alkanes) is 1. The van der Waals surface area contributed by atoms with Crippen molar-refractivity contribution in [2.24, 2.45) is 11.7 Å². The maximum absolute atomic E-state index is 12.4. The Morgan fingerprint density at radius 2 is 2.08 bits per heavy atom. The van der Waals surface area contributed by atoms with Gasteiger partial charge in [0, 0.05) is 29.4 Å². The first kappa shape index (κ1) is 16.5. The lowest BCUT2D eigenvalue weighted by Gasteiger charge is -2.26. The summed E-state index contributed by atoms with van der Waals surface area (Å²) in [6, 6.07) is 7.50. The van der Waals surface area contributed by atoms with Crippen LogP contribution in [0.3, 0.4) is 0 Å². The van der Waals surface area contributed by atoms with Crippen LogP contribution in [0, 0.1) is 5.92 Å². The van der Waals surface area contributed by atoms with Crippen molar-refractivity contribution in [1.29, 1.82) is 0 Å². The Bertz CT molecular complexity index is 763. The average molecular weight is 325 g/mol. The molecule has 3 rings (SSSR count). The molecule has 1 saturated heterocycles. The number of H-pyrrole nitrogens is 1. The zero-order valence-electron chi connectivity index (χ0n) is 13.6. The number of carbonyl (C=O) groups is 2. The highest BCUT2D eigenvalue weighted by molar-refractivity contribution is 5.98. The van der Waals surface area contributed by atoms with Gasteiger partial charge in [-0.15, -0.1) is 0 Å². The van der Waals surface area contributed by atoms with Gasteiger partial charge in [0.15, 0.2) is 5.78 Å². The molecule has 1 aromatic carbocycles. The zero-order chi connectivity index (χ0) is 16.9. The summed E-state index contributed by atoms with van der Waals surface area (Å²) in [4.78, 5) is 27.9. The summed E-state index contributed by atoms with van der Waals surface area (Å²) in [5, 5.41) is 3.95. The second-order valence-electron chi connectivity index (χ2n) is 6.28. The predicted molar refractivity (Wildman–Crippen MR) is 94.5 cm³/mol. The first-order chi connectivity index (χ1) is 11.7. The van der Waals surface area contributed by atoms with Crippen LogP contribution in [0.2, 0.25) is 0 Å². The molecular formula is C19H23N3O2. The highest BCUT2D eigenvalue weighted by Crippen LogP contribution is 2.24. The van der Waals surface area contributed by atoms with Gasteiger partial charge >= 0.3 is 0 Å². The van der Waals surface area contributed by atoms with E-state index in [1.54, 1.807) is 6.08 Å². The highest BCUT2D eigenvalue weighted by atomic mass is 16.2. The fraction of sp³-hybridized carbons (Fsp3) is 0.368. The molecule has 0 aliphatic carbocycles. The Balaban J connectivity index is 1.65. The molecule has 2 aromatic rings. The highest BCUT2D eigenvalue weighted by Gasteiger charge is 2.33. The van der Waals surface area contributed by atoms with Crippen molar-refractivity contribution in [3.63, 3.8) is 0 Å². The minimum atomic E-state index is -0.491. The summed E-state index contributed by atoms with van der Waals surface area (Å²) >= 11 is 0. The Kier molecular flexibility index (Phi) is 5.11. The molecule has 1 amide bonds. The lowest BCUT2D eigenvalue weighted by atomic mass is 9.87. The molecule has 24 heavy (non-hydrogen) atoms. The van der Waals surface area contributed by atoms with E-state index >= 15 is 0 Å². The molecule has 0 saturated carbocycles. The second-order valence-corrected chi connectivity index (χ2v) is 6.28. The van der Waals surface area contributed by atoms with E-state index < -0.39 is 6.04 Å². The molecule has 2 atom stereocenters. The molecule has 0 spiro atoms. The maximum atomic E-state index is 12.4. The topological polar surface area (TPSA) is 88.0 Å². The Morgan fingerprint density at radius 1 is 1.25 bits per heavy atom.